The lowest BCUT2D eigenvalue weighted by Gasteiger charge is -2.00. The number of aromatic nitrogens is 3. The number of rotatable bonds is 3. The van der Waals surface area contributed by atoms with Crippen molar-refractivity contribution in [3.63, 3.8) is 0 Å². The first-order valence-corrected chi connectivity index (χ1v) is 6.12. The monoisotopic (exact) mass is 251 g/mol. The van der Waals surface area contributed by atoms with Crippen molar-refractivity contribution in [2.24, 2.45) is 0 Å². The Balaban J connectivity index is 1.99. The van der Waals surface area contributed by atoms with E-state index < -0.39 is 0 Å². The van der Waals surface area contributed by atoms with Crippen LogP contribution in [0.2, 0.25) is 5.15 Å². The maximum absolute atomic E-state index is 5.80. The molecule has 0 aromatic carbocycles. The number of halogens is 1. The Morgan fingerprint density at radius 3 is 2.69 bits per heavy atom. The molecule has 82 valence electrons. The molecule has 0 aliphatic rings. The quantitative estimate of drug-likeness (QED) is 0.477. The lowest BCUT2D eigenvalue weighted by atomic mass is 10.3. The van der Waals surface area contributed by atoms with Gasteiger partial charge < -0.3 is 0 Å². The summed E-state index contributed by atoms with van der Waals surface area (Å²) in [5, 5.41) is 1.29. The van der Waals surface area contributed by atoms with Crippen molar-refractivity contribution in [2.75, 3.05) is 0 Å². The minimum atomic E-state index is 0.517. The van der Waals surface area contributed by atoms with Crippen LogP contribution in [0.4, 0.5) is 0 Å². The third-order valence-electron chi connectivity index (χ3n) is 1.92. The maximum Gasteiger partial charge on any atom is 0.187 e. The second kappa shape index (κ2) is 5.27. The molecule has 0 aliphatic heterocycles. The summed E-state index contributed by atoms with van der Waals surface area (Å²) >= 11 is 7.38. The van der Waals surface area contributed by atoms with E-state index in [4.69, 9.17) is 11.6 Å². The lowest BCUT2D eigenvalue weighted by Crippen LogP contribution is -1.88. The Morgan fingerprint density at radius 1 is 1.25 bits per heavy atom. The number of hydrogen-bond donors (Lipinski definition) is 0. The summed E-state index contributed by atoms with van der Waals surface area (Å²) in [7, 11) is 0. The van der Waals surface area contributed by atoms with Crippen LogP contribution in [-0.4, -0.2) is 15.0 Å². The summed E-state index contributed by atoms with van der Waals surface area (Å²) in [6.07, 6.45) is 5.33. The molecule has 0 radical (unpaired) electrons. The third kappa shape index (κ3) is 3.18. The molecule has 0 fully saturated rings. The van der Waals surface area contributed by atoms with Crippen molar-refractivity contribution in [3.05, 3.63) is 47.0 Å². The van der Waals surface area contributed by atoms with Crippen molar-refractivity contribution >= 4 is 23.4 Å². The minimum absolute atomic E-state index is 0.517. The van der Waals surface area contributed by atoms with Gasteiger partial charge in [-0.2, -0.15) is 0 Å². The molecule has 2 heterocycles. The minimum Gasteiger partial charge on any atom is -0.245 e. The van der Waals surface area contributed by atoms with Crippen LogP contribution in [0.1, 0.15) is 11.1 Å². The molecule has 0 saturated carbocycles. The van der Waals surface area contributed by atoms with Crippen molar-refractivity contribution in [2.45, 2.75) is 17.8 Å². The summed E-state index contributed by atoms with van der Waals surface area (Å²) in [6, 6.07) is 3.79. The molecule has 0 amide bonds. The fraction of sp³-hybridized carbons (Fsp3) is 0.182. The van der Waals surface area contributed by atoms with Gasteiger partial charge in [0.2, 0.25) is 0 Å². The summed E-state index contributed by atoms with van der Waals surface area (Å²) in [4.78, 5) is 12.4. The van der Waals surface area contributed by atoms with Crippen LogP contribution in [0.3, 0.4) is 0 Å². The maximum atomic E-state index is 5.80. The Kier molecular flexibility index (Phi) is 3.74. The Labute approximate surface area is 103 Å². The summed E-state index contributed by atoms with van der Waals surface area (Å²) in [6.45, 7) is 1.97. The molecule has 0 bridgehead atoms. The van der Waals surface area contributed by atoms with Crippen LogP contribution >= 0.6 is 23.4 Å². The Bertz CT molecular complexity index is 473. The average molecular weight is 252 g/mol. The molecule has 0 unspecified atom stereocenters. The molecule has 16 heavy (non-hydrogen) atoms. The summed E-state index contributed by atoms with van der Waals surface area (Å²) in [5.74, 6) is 0.797. The molecule has 0 aliphatic carbocycles. The Hall–Kier alpha value is -1.13. The molecular formula is C11H10ClN3S. The number of pyridine rings is 1. The topological polar surface area (TPSA) is 38.7 Å². The zero-order valence-corrected chi connectivity index (χ0v) is 10.3. The van der Waals surface area contributed by atoms with E-state index in [0.29, 0.717) is 5.15 Å². The van der Waals surface area contributed by atoms with Gasteiger partial charge in [0.1, 0.15) is 5.15 Å². The number of aryl methyl sites for hydroxylation is 1. The lowest BCUT2D eigenvalue weighted by molar-refractivity contribution is 0.949. The first-order valence-electron chi connectivity index (χ1n) is 4.76. The van der Waals surface area contributed by atoms with Gasteiger partial charge in [-0.15, -0.1) is 0 Å². The van der Waals surface area contributed by atoms with E-state index in [1.807, 2.05) is 31.5 Å². The summed E-state index contributed by atoms with van der Waals surface area (Å²) in [5.41, 5.74) is 2.19. The first kappa shape index (κ1) is 11.4. The van der Waals surface area contributed by atoms with Crippen molar-refractivity contribution < 1.29 is 0 Å². The van der Waals surface area contributed by atoms with E-state index >= 15 is 0 Å². The fourth-order valence-corrected chi connectivity index (χ4v) is 2.06. The van der Waals surface area contributed by atoms with Crippen LogP contribution < -0.4 is 0 Å². The largest absolute Gasteiger partial charge is 0.245 e. The number of hydrogen-bond acceptors (Lipinski definition) is 4. The zero-order chi connectivity index (χ0) is 11.4. The average Bonchev–Trinajstić information content (AvgIpc) is 2.28. The number of nitrogens with zero attached hydrogens (tertiary/aromatic N) is 3. The highest BCUT2D eigenvalue weighted by molar-refractivity contribution is 7.98. The molecule has 3 nitrogen and oxygen atoms in total. The van der Waals surface area contributed by atoms with Gasteiger partial charge in [-0.1, -0.05) is 23.4 Å². The molecule has 0 atom stereocenters. The molecule has 0 spiro atoms. The molecule has 2 aromatic rings. The highest BCUT2D eigenvalue weighted by Gasteiger charge is 1.99. The van der Waals surface area contributed by atoms with Crippen LogP contribution in [0, 0.1) is 6.92 Å². The van der Waals surface area contributed by atoms with Crippen LogP contribution in [0.15, 0.2) is 35.9 Å². The van der Waals surface area contributed by atoms with Crippen molar-refractivity contribution in [3.8, 4) is 0 Å². The van der Waals surface area contributed by atoms with E-state index in [1.165, 1.54) is 0 Å². The van der Waals surface area contributed by atoms with Gasteiger partial charge in [-0.3, -0.25) is 0 Å². The molecule has 5 heteroatoms. The molecule has 2 aromatic heterocycles. The molecular weight excluding hydrogens is 242 g/mol. The second-order valence-electron chi connectivity index (χ2n) is 3.32. The van der Waals surface area contributed by atoms with E-state index in [-0.39, 0.29) is 0 Å². The van der Waals surface area contributed by atoms with Crippen LogP contribution in [0.5, 0.6) is 0 Å². The van der Waals surface area contributed by atoms with Gasteiger partial charge in [0, 0.05) is 24.3 Å². The smallest absolute Gasteiger partial charge is 0.187 e. The Morgan fingerprint density at radius 2 is 2.00 bits per heavy atom. The van der Waals surface area contributed by atoms with Gasteiger partial charge in [0.25, 0.3) is 0 Å². The highest BCUT2D eigenvalue weighted by atomic mass is 35.5. The normalized spacial score (nSPS) is 10.4. The highest BCUT2D eigenvalue weighted by Crippen LogP contribution is 2.19. The zero-order valence-electron chi connectivity index (χ0n) is 8.72. The fourth-order valence-electron chi connectivity index (χ4n) is 1.14. The van der Waals surface area contributed by atoms with E-state index in [9.17, 15) is 0 Å². The predicted molar refractivity (Wildman–Crippen MR) is 65.6 cm³/mol. The number of thioether (sulfide) groups is 1. The van der Waals surface area contributed by atoms with E-state index in [2.05, 4.69) is 15.0 Å². The van der Waals surface area contributed by atoms with Crippen molar-refractivity contribution in [1.29, 1.82) is 0 Å². The van der Waals surface area contributed by atoms with Gasteiger partial charge in [-0.05, 0) is 30.2 Å². The second-order valence-corrected chi connectivity index (χ2v) is 4.65. The van der Waals surface area contributed by atoms with Gasteiger partial charge in [0.05, 0.1) is 0 Å². The summed E-state index contributed by atoms with van der Waals surface area (Å²) < 4.78 is 0. The third-order valence-corrected chi connectivity index (χ3v) is 3.07. The van der Waals surface area contributed by atoms with Crippen molar-refractivity contribution in [1.82, 2.24) is 15.0 Å². The van der Waals surface area contributed by atoms with E-state index in [0.717, 1.165) is 22.0 Å². The molecule has 0 saturated heterocycles. The predicted octanol–water partition coefficient (Wildman–Crippen LogP) is 3.13. The molecule has 2 rings (SSSR count). The van der Waals surface area contributed by atoms with Gasteiger partial charge >= 0.3 is 0 Å². The first-order chi connectivity index (χ1) is 7.74. The van der Waals surface area contributed by atoms with Crippen LogP contribution in [0.25, 0.3) is 0 Å². The van der Waals surface area contributed by atoms with Crippen LogP contribution in [-0.2, 0) is 5.75 Å². The van der Waals surface area contributed by atoms with E-state index in [1.54, 1.807) is 18.0 Å². The van der Waals surface area contributed by atoms with Gasteiger partial charge in [-0.25, -0.2) is 15.0 Å². The van der Waals surface area contributed by atoms with Gasteiger partial charge in [0.15, 0.2) is 5.16 Å². The SMILES string of the molecule is Cc1cnc(SCc2ccnc(Cl)c2)nc1. The standard InChI is InChI=1S/C11H10ClN3S/c1-8-5-14-11(15-6-8)16-7-9-2-3-13-10(12)4-9/h2-6H,7H2,1H3. The molecule has 0 N–H and O–H groups in total.